The number of benzene rings is 1. The van der Waals surface area contributed by atoms with Gasteiger partial charge in [-0.2, -0.15) is 13.9 Å². The van der Waals surface area contributed by atoms with Crippen molar-refractivity contribution in [3.05, 3.63) is 60.3 Å². The van der Waals surface area contributed by atoms with Crippen LogP contribution in [-0.4, -0.2) is 29.5 Å². The standard InChI is InChI=1S/C17H13F3N6O/c1-25-4-2-13(24-25)9-26-5-3-21-15(26)10-6-11(8-12(18)7-10)16-22-23-17(27-16)14(19)20/h2-8,14H,9H2,1H3. The summed E-state index contributed by atoms with van der Waals surface area (Å²) in [6, 6.07) is 5.86. The Labute approximate surface area is 151 Å². The molecule has 4 aromatic rings. The summed E-state index contributed by atoms with van der Waals surface area (Å²) in [5, 5.41) is 11.1. The van der Waals surface area contributed by atoms with Crippen LogP contribution in [0.25, 0.3) is 22.8 Å². The second-order valence-electron chi connectivity index (χ2n) is 5.83. The van der Waals surface area contributed by atoms with Gasteiger partial charge in [-0.05, 0) is 24.3 Å². The molecule has 0 saturated heterocycles. The van der Waals surface area contributed by atoms with Crippen LogP contribution in [-0.2, 0) is 13.6 Å². The monoisotopic (exact) mass is 374 g/mol. The molecule has 0 spiro atoms. The van der Waals surface area contributed by atoms with Gasteiger partial charge in [-0.25, -0.2) is 9.37 Å². The van der Waals surface area contributed by atoms with E-state index in [-0.39, 0.29) is 11.5 Å². The van der Waals surface area contributed by atoms with Crippen molar-refractivity contribution in [1.29, 1.82) is 0 Å². The van der Waals surface area contributed by atoms with Crippen LogP contribution in [0.2, 0.25) is 0 Å². The fourth-order valence-corrected chi connectivity index (χ4v) is 2.70. The van der Waals surface area contributed by atoms with Gasteiger partial charge in [0.2, 0.25) is 5.89 Å². The maximum absolute atomic E-state index is 14.1. The zero-order valence-electron chi connectivity index (χ0n) is 14.1. The summed E-state index contributed by atoms with van der Waals surface area (Å²) < 4.78 is 47.8. The Morgan fingerprint density at radius 3 is 2.63 bits per heavy atom. The molecule has 3 aromatic heterocycles. The van der Waals surface area contributed by atoms with Crippen molar-refractivity contribution in [1.82, 2.24) is 29.5 Å². The Kier molecular flexibility index (Phi) is 4.22. The molecule has 0 fully saturated rings. The molecule has 0 aliphatic heterocycles. The first-order chi connectivity index (χ1) is 13.0. The minimum atomic E-state index is -2.89. The average molecular weight is 374 g/mol. The van der Waals surface area contributed by atoms with Crippen LogP contribution < -0.4 is 0 Å². The largest absolute Gasteiger partial charge is 0.415 e. The lowest BCUT2D eigenvalue weighted by molar-refractivity contribution is 0.116. The molecule has 0 saturated carbocycles. The van der Waals surface area contributed by atoms with E-state index < -0.39 is 18.1 Å². The molecule has 0 unspecified atom stereocenters. The van der Waals surface area contributed by atoms with Crippen LogP contribution in [0, 0.1) is 5.82 Å². The van der Waals surface area contributed by atoms with Gasteiger partial charge in [0.1, 0.15) is 11.6 Å². The molecule has 7 nitrogen and oxygen atoms in total. The number of alkyl halides is 2. The third-order valence-electron chi connectivity index (χ3n) is 3.85. The minimum Gasteiger partial charge on any atom is -0.415 e. The first kappa shape index (κ1) is 17.0. The maximum Gasteiger partial charge on any atom is 0.314 e. The molecule has 0 atom stereocenters. The highest BCUT2D eigenvalue weighted by atomic mass is 19.3. The van der Waals surface area contributed by atoms with Gasteiger partial charge < -0.3 is 8.98 Å². The smallest absolute Gasteiger partial charge is 0.314 e. The van der Waals surface area contributed by atoms with Crippen LogP contribution in [0.3, 0.4) is 0 Å². The number of rotatable bonds is 5. The summed E-state index contributed by atoms with van der Waals surface area (Å²) in [6.07, 6.45) is 2.26. The normalized spacial score (nSPS) is 11.4. The van der Waals surface area contributed by atoms with E-state index in [9.17, 15) is 13.2 Å². The first-order valence-corrected chi connectivity index (χ1v) is 7.92. The molecule has 4 rings (SSSR count). The molecule has 0 N–H and O–H groups in total. The number of hydrogen-bond donors (Lipinski definition) is 0. The van der Waals surface area contributed by atoms with Crippen molar-refractivity contribution in [3.8, 4) is 22.8 Å². The summed E-state index contributed by atoms with van der Waals surface area (Å²) in [5.41, 5.74) is 1.45. The van der Waals surface area contributed by atoms with E-state index in [4.69, 9.17) is 4.42 Å². The summed E-state index contributed by atoms with van der Waals surface area (Å²) in [4.78, 5) is 4.27. The van der Waals surface area contributed by atoms with Gasteiger partial charge in [0.05, 0.1) is 12.2 Å². The number of aryl methyl sites for hydroxylation is 1. The van der Waals surface area contributed by atoms with Crippen molar-refractivity contribution in [2.24, 2.45) is 7.05 Å². The van der Waals surface area contributed by atoms with E-state index in [1.807, 2.05) is 19.3 Å². The molecule has 1 aromatic carbocycles. The van der Waals surface area contributed by atoms with Gasteiger partial charge >= 0.3 is 6.43 Å². The van der Waals surface area contributed by atoms with Gasteiger partial charge in [0.25, 0.3) is 5.89 Å². The SMILES string of the molecule is Cn1ccc(Cn2ccnc2-c2cc(F)cc(-c3nnc(C(F)F)o3)c2)n1. The maximum atomic E-state index is 14.1. The average Bonchev–Trinajstić information content (AvgIpc) is 3.35. The molecule has 3 heterocycles. The fourth-order valence-electron chi connectivity index (χ4n) is 2.70. The van der Waals surface area contributed by atoms with E-state index in [0.717, 1.165) is 11.8 Å². The van der Waals surface area contributed by atoms with Crippen LogP contribution in [0.5, 0.6) is 0 Å². The van der Waals surface area contributed by atoms with Crippen molar-refractivity contribution in [2.45, 2.75) is 13.0 Å². The van der Waals surface area contributed by atoms with Gasteiger partial charge in [0, 0.05) is 36.8 Å². The number of nitrogens with zero attached hydrogens (tertiary/aromatic N) is 6. The van der Waals surface area contributed by atoms with E-state index in [1.165, 1.54) is 6.07 Å². The summed E-state index contributed by atoms with van der Waals surface area (Å²) >= 11 is 0. The number of halogens is 3. The van der Waals surface area contributed by atoms with Crippen LogP contribution in [0.15, 0.2) is 47.3 Å². The van der Waals surface area contributed by atoms with E-state index in [2.05, 4.69) is 20.3 Å². The third kappa shape index (κ3) is 3.46. The number of imidazole rings is 1. The Hall–Kier alpha value is -3.43. The molecule has 10 heteroatoms. The zero-order chi connectivity index (χ0) is 19.0. The zero-order valence-corrected chi connectivity index (χ0v) is 14.1. The predicted molar refractivity (Wildman–Crippen MR) is 88.2 cm³/mol. The van der Waals surface area contributed by atoms with Gasteiger partial charge in [-0.1, -0.05) is 0 Å². The van der Waals surface area contributed by atoms with Crippen LogP contribution in [0.1, 0.15) is 18.0 Å². The lowest BCUT2D eigenvalue weighted by atomic mass is 10.1. The quantitative estimate of drug-likeness (QED) is 0.535. The second-order valence-corrected chi connectivity index (χ2v) is 5.83. The lowest BCUT2D eigenvalue weighted by Gasteiger charge is -2.08. The fraction of sp³-hybridized carbons (Fsp3) is 0.176. The van der Waals surface area contributed by atoms with Crippen LogP contribution in [0.4, 0.5) is 13.2 Å². The highest BCUT2D eigenvalue weighted by Crippen LogP contribution is 2.28. The molecule has 138 valence electrons. The highest BCUT2D eigenvalue weighted by molar-refractivity contribution is 5.65. The van der Waals surface area contributed by atoms with Gasteiger partial charge in [-0.3, -0.25) is 4.68 Å². The highest BCUT2D eigenvalue weighted by Gasteiger charge is 2.19. The lowest BCUT2D eigenvalue weighted by Crippen LogP contribution is -2.03. The molecule has 0 amide bonds. The predicted octanol–water partition coefficient (Wildman–Crippen LogP) is 3.46. The van der Waals surface area contributed by atoms with E-state index in [1.54, 1.807) is 27.7 Å². The summed E-state index contributed by atoms with van der Waals surface area (Å²) in [7, 11) is 1.81. The summed E-state index contributed by atoms with van der Waals surface area (Å²) in [6.45, 7) is 0.443. The van der Waals surface area contributed by atoms with Crippen molar-refractivity contribution < 1.29 is 17.6 Å². The Bertz CT molecular complexity index is 1080. The molecule has 0 radical (unpaired) electrons. The molecular weight excluding hydrogens is 361 g/mol. The number of hydrogen-bond acceptors (Lipinski definition) is 5. The van der Waals surface area contributed by atoms with Crippen molar-refractivity contribution in [2.75, 3.05) is 0 Å². The van der Waals surface area contributed by atoms with Gasteiger partial charge in [0.15, 0.2) is 0 Å². The van der Waals surface area contributed by atoms with Gasteiger partial charge in [-0.15, -0.1) is 10.2 Å². The summed E-state index contributed by atoms with van der Waals surface area (Å²) in [5.74, 6) is -1.08. The van der Waals surface area contributed by atoms with Crippen molar-refractivity contribution >= 4 is 0 Å². The molecule has 0 aliphatic carbocycles. The Balaban J connectivity index is 1.70. The molecule has 27 heavy (non-hydrogen) atoms. The molecular formula is C17H13F3N6O. The van der Waals surface area contributed by atoms with Crippen molar-refractivity contribution in [3.63, 3.8) is 0 Å². The first-order valence-electron chi connectivity index (χ1n) is 7.92. The second kappa shape index (κ2) is 6.71. The molecule has 0 aliphatic rings. The minimum absolute atomic E-state index is 0.186. The van der Waals surface area contributed by atoms with E-state index >= 15 is 0 Å². The Morgan fingerprint density at radius 2 is 1.93 bits per heavy atom. The number of aromatic nitrogens is 6. The topological polar surface area (TPSA) is 74.6 Å². The van der Waals surface area contributed by atoms with Crippen LogP contribution >= 0.6 is 0 Å². The third-order valence-corrected chi connectivity index (χ3v) is 3.85. The Morgan fingerprint density at radius 1 is 1.11 bits per heavy atom. The van der Waals surface area contributed by atoms with E-state index in [0.29, 0.717) is 17.9 Å². The molecule has 0 bridgehead atoms.